The summed E-state index contributed by atoms with van der Waals surface area (Å²) in [4.78, 5) is 2.39. The van der Waals surface area contributed by atoms with E-state index in [9.17, 15) is 0 Å². The van der Waals surface area contributed by atoms with Gasteiger partial charge >= 0.3 is 0 Å². The molecule has 0 saturated heterocycles. The molecule has 19 heavy (non-hydrogen) atoms. The zero-order valence-corrected chi connectivity index (χ0v) is 14.6. The van der Waals surface area contributed by atoms with Gasteiger partial charge in [-0.2, -0.15) is 0 Å². The van der Waals surface area contributed by atoms with Crippen LogP contribution < -0.4 is 0 Å². The van der Waals surface area contributed by atoms with Gasteiger partial charge in [0.25, 0.3) is 0 Å². The molecule has 0 aromatic heterocycles. The van der Waals surface area contributed by atoms with Crippen molar-refractivity contribution in [2.75, 3.05) is 19.5 Å². The quantitative estimate of drug-likeness (QED) is 0.303. The lowest BCUT2D eigenvalue weighted by Crippen LogP contribution is -2.43. The van der Waals surface area contributed by atoms with E-state index in [-0.39, 0.29) is 5.54 Å². The number of nitrogens with zero attached hydrogens (tertiary/aromatic N) is 1. The Morgan fingerprint density at radius 3 is 1.63 bits per heavy atom. The summed E-state index contributed by atoms with van der Waals surface area (Å²) in [7, 11) is 2.19. The van der Waals surface area contributed by atoms with Crippen LogP contribution in [-0.4, -0.2) is 29.9 Å². The Morgan fingerprint density at radius 1 is 0.789 bits per heavy atom. The van der Waals surface area contributed by atoms with Crippen LogP contribution in [0.1, 0.15) is 85.0 Å². The molecule has 0 rings (SSSR count). The lowest BCUT2D eigenvalue weighted by molar-refractivity contribution is 0.175. The third-order valence-corrected chi connectivity index (χ3v) is 4.86. The molecule has 0 aliphatic heterocycles. The lowest BCUT2D eigenvalue weighted by Gasteiger charge is -2.33. The highest BCUT2D eigenvalue weighted by Crippen LogP contribution is 2.16. The maximum Gasteiger partial charge on any atom is 0.0402 e. The van der Waals surface area contributed by atoms with Gasteiger partial charge in [-0.05, 0) is 33.9 Å². The number of unbranched alkanes of at least 4 members (excludes halogenated alkanes) is 9. The van der Waals surface area contributed by atoms with E-state index in [4.69, 9.17) is 11.6 Å². The third kappa shape index (κ3) is 10.7. The van der Waals surface area contributed by atoms with Gasteiger partial charge in [0.2, 0.25) is 0 Å². The molecule has 0 heterocycles. The van der Waals surface area contributed by atoms with Crippen molar-refractivity contribution in [2.24, 2.45) is 0 Å². The minimum absolute atomic E-state index is 0.140. The van der Waals surface area contributed by atoms with Crippen LogP contribution in [0.4, 0.5) is 0 Å². The number of rotatable bonds is 13. The Bertz CT molecular complexity index is 192. The number of hydrogen-bond acceptors (Lipinski definition) is 1. The molecule has 0 aromatic rings. The van der Waals surface area contributed by atoms with Gasteiger partial charge in [0.1, 0.15) is 0 Å². The van der Waals surface area contributed by atoms with Crippen molar-refractivity contribution in [3.05, 3.63) is 0 Å². The van der Waals surface area contributed by atoms with Crippen molar-refractivity contribution in [1.82, 2.24) is 4.90 Å². The topological polar surface area (TPSA) is 3.24 Å². The Balaban J connectivity index is 3.27. The highest BCUT2D eigenvalue weighted by molar-refractivity contribution is 6.18. The van der Waals surface area contributed by atoms with E-state index in [1.807, 2.05) is 0 Å². The van der Waals surface area contributed by atoms with E-state index in [0.29, 0.717) is 5.88 Å². The fourth-order valence-electron chi connectivity index (χ4n) is 2.24. The second-order valence-electron chi connectivity index (χ2n) is 6.55. The van der Waals surface area contributed by atoms with Crippen LogP contribution in [0.2, 0.25) is 0 Å². The molecule has 0 N–H and O–H groups in total. The number of halogens is 1. The minimum atomic E-state index is 0.140. The molecule has 1 nitrogen and oxygen atoms in total. The fraction of sp³-hybridized carbons (Fsp3) is 1.00. The standard InChI is InChI=1S/C17H36ClN/c1-5-6-7-8-9-10-11-12-13-14-15-19(4)17(2,3)16-18/h5-16H2,1-4H3. The molecular weight excluding hydrogens is 254 g/mol. The maximum absolute atomic E-state index is 5.98. The van der Waals surface area contributed by atoms with E-state index in [2.05, 4.69) is 32.7 Å². The second kappa shape index (κ2) is 12.0. The Kier molecular flexibility index (Phi) is 12.2. The second-order valence-corrected chi connectivity index (χ2v) is 6.82. The monoisotopic (exact) mass is 289 g/mol. The first-order chi connectivity index (χ1) is 9.04. The lowest BCUT2D eigenvalue weighted by atomic mass is 10.0. The van der Waals surface area contributed by atoms with Crippen LogP contribution in [-0.2, 0) is 0 Å². The average molecular weight is 290 g/mol. The largest absolute Gasteiger partial charge is 0.300 e. The number of hydrogen-bond donors (Lipinski definition) is 0. The van der Waals surface area contributed by atoms with Crippen LogP contribution in [0.3, 0.4) is 0 Å². The summed E-state index contributed by atoms with van der Waals surface area (Å²) in [5, 5.41) is 0. The first-order valence-electron chi connectivity index (χ1n) is 8.31. The summed E-state index contributed by atoms with van der Waals surface area (Å²) < 4.78 is 0. The van der Waals surface area contributed by atoms with Crippen LogP contribution in [0.25, 0.3) is 0 Å². The molecule has 116 valence electrons. The Labute approximate surface area is 127 Å². The molecule has 0 spiro atoms. The number of alkyl halides is 1. The van der Waals surface area contributed by atoms with Gasteiger partial charge < -0.3 is 4.90 Å². The summed E-state index contributed by atoms with van der Waals surface area (Å²) in [5.41, 5.74) is 0.140. The highest BCUT2D eigenvalue weighted by Gasteiger charge is 2.21. The van der Waals surface area contributed by atoms with Crippen LogP contribution in [0, 0.1) is 0 Å². The first-order valence-corrected chi connectivity index (χ1v) is 8.85. The van der Waals surface area contributed by atoms with Crippen molar-refractivity contribution in [1.29, 1.82) is 0 Å². The van der Waals surface area contributed by atoms with Gasteiger partial charge in [0, 0.05) is 11.4 Å². The Hall–Kier alpha value is 0.250. The summed E-state index contributed by atoms with van der Waals surface area (Å²) in [5.74, 6) is 0.710. The molecule has 0 unspecified atom stereocenters. The minimum Gasteiger partial charge on any atom is -0.300 e. The van der Waals surface area contributed by atoms with Gasteiger partial charge in [-0.3, -0.25) is 0 Å². The molecular formula is C17H36ClN. The molecule has 0 saturated carbocycles. The maximum atomic E-state index is 5.98. The van der Waals surface area contributed by atoms with Gasteiger partial charge in [0.15, 0.2) is 0 Å². The van der Waals surface area contributed by atoms with Crippen molar-refractivity contribution in [3.8, 4) is 0 Å². The fourth-order valence-corrected chi connectivity index (χ4v) is 2.45. The molecule has 0 aliphatic carbocycles. The molecule has 0 atom stereocenters. The van der Waals surface area contributed by atoms with E-state index < -0.39 is 0 Å². The average Bonchev–Trinajstić information content (AvgIpc) is 2.40. The summed E-state index contributed by atoms with van der Waals surface area (Å²) >= 11 is 5.98. The normalized spacial score (nSPS) is 12.3. The molecule has 0 radical (unpaired) electrons. The molecule has 0 amide bonds. The molecule has 0 aliphatic rings. The zero-order chi connectivity index (χ0) is 14.6. The van der Waals surface area contributed by atoms with E-state index in [1.165, 1.54) is 70.8 Å². The van der Waals surface area contributed by atoms with Gasteiger partial charge in [-0.1, -0.05) is 64.7 Å². The van der Waals surface area contributed by atoms with Crippen LogP contribution in [0.15, 0.2) is 0 Å². The third-order valence-electron chi connectivity index (χ3n) is 4.21. The molecule has 2 heteroatoms. The van der Waals surface area contributed by atoms with Crippen molar-refractivity contribution >= 4 is 11.6 Å². The Morgan fingerprint density at radius 2 is 1.21 bits per heavy atom. The highest BCUT2D eigenvalue weighted by atomic mass is 35.5. The van der Waals surface area contributed by atoms with E-state index in [1.54, 1.807) is 0 Å². The first kappa shape index (κ1) is 19.2. The summed E-state index contributed by atoms with van der Waals surface area (Å²) in [6, 6.07) is 0. The van der Waals surface area contributed by atoms with Gasteiger partial charge in [-0.25, -0.2) is 0 Å². The predicted molar refractivity (Wildman–Crippen MR) is 89.3 cm³/mol. The zero-order valence-electron chi connectivity index (χ0n) is 13.8. The van der Waals surface area contributed by atoms with E-state index >= 15 is 0 Å². The summed E-state index contributed by atoms with van der Waals surface area (Å²) in [6.07, 6.45) is 14.1. The van der Waals surface area contributed by atoms with E-state index in [0.717, 1.165) is 0 Å². The van der Waals surface area contributed by atoms with Crippen LogP contribution >= 0.6 is 11.6 Å². The predicted octanol–water partition coefficient (Wildman–Crippen LogP) is 5.86. The van der Waals surface area contributed by atoms with Gasteiger partial charge in [-0.15, -0.1) is 11.6 Å². The molecule has 0 bridgehead atoms. The van der Waals surface area contributed by atoms with Gasteiger partial charge in [0.05, 0.1) is 0 Å². The van der Waals surface area contributed by atoms with Crippen molar-refractivity contribution in [3.63, 3.8) is 0 Å². The SMILES string of the molecule is CCCCCCCCCCCCN(C)C(C)(C)CCl. The van der Waals surface area contributed by atoms with Crippen molar-refractivity contribution < 1.29 is 0 Å². The summed E-state index contributed by atoms with van der Waals surface area (Å²) in [6.45, 7) is 7.89. The van der Waals surface area contributed by atoms with Crippen LogP contribution in [0.5, 0.6) is 0 Å². The molecule has 0 aromatic carbocycles. The van der Waals surface area contributed by atoms with Crippen molar-refractivity contribution in [2.45, 2.75) is 90.5 Å². The smallest absolute Gasteiger partial charge is 0.0402 e. The molecule has 0 fully saturated rings.